The Morgan fingerprint density at radius 1 is 1.00 bits per heavy atom. The van der Waals surface area contributed by atoms with Crippen molar-refractivity contribution in [2.24, 2.45) is 7.05 Å². The molecule has 0 saturated heterocycles. The van der Waals surface area contributed by atoms with Gasteiger partial charge in [-0.2, -0.15) is 18.4 Å². The zero-order chi connectivity index (χ0) is 15.9. The van der Waals surface area contributed by atoms with Gasteiger partial charge in [-0.1, -0.05) is 36.4 Å². The maximum atomic E-state index is 13.4. The van der Waals surface area contributed by atoms with Crippen LogP contribution in [0.25, 0.3) is 22.0 Å². The van der Waals surface area contributed by atoms with E-state index in [0.29, 0.717) is 16.6 Å². The highest BCUT2D eigenvalue weighted by Gasteiger charge is 2.35. The maximum absolute atomic E-state index is 13.4. The molecule has 1 heterocycles. The largest absolute Gasteiger partial charge is 0.417 e. The molecule has 0 fully saturated rings. The van der Waals surface area contributed by atoms with E-state index < -0.39 is 11.7 Å². The van der Waals surface area contributed by atoms with Crippen molar-refractivity contribution in [3.8, 4) is 17.2 Å². The van der Waals surface area contributed by atoms with Crippen LogP contribution in [0.15, 0.2) is 48.5 Å². The van der Waals surface area contributed by atoms with Crippen molar-refractivity contribution in [1.82, 2.24) is 4.57 Å². The normalized spacial score (nSPS) is 11.6. The molecule has 0 aliphatic rings. The minimum atomic E-state index is -4.48. The van der Waals surface area contributed by atoms with Crippen molar-refractivity contribution in [2.45, 2.75) is 6.18 Å². The second kappa shape index (κ2) is 4.92. The van der Waals surface area contributed by atoms with E-state index in [9.17, 15) is 18.4 Å². The van der Waals surface area contributed by atoms with E-state index in [0.717, 1.165) is 6.07 Å². The Bertz CT molecular complexity index is 884. The fourth-order valence-corrected chi connectivity index (χ4v) is 2.74. The van der Waals surface area contributed by atoms with E-state index in [4.69, 9.17) is 0 Å². The molecule has 0 amide bonds. The molecule has 1 aromatic heterocycles. The van der Waals surface area contributed by atoms with Gasteiger partial charge in [0.2, 0.25) is 0 Å². The molecule has 2 nitrogen and oxygen atoms in total. The molecule has 0 unspecified atom stereocenters. The van der Waals surface area contributed by atoms with Gasteiger partial charge in [-0.05, 0) is 17.7 Å². The molecule has 0 radical (unpaired) electrons. The van der Waals surface area contributed by atoms with Crippen molar-refractivity contribution in [3.63, 3.8) is 0 Å². The zero-order valence-electron chi connectivity index (χ0n) is 11.6. The van der Waals surface area contributed by atoms with Gasteiger partial charge in [0.15, 0.2) is 0 Å². The SMILES string of the molecule is Cn1c(C#N)c(-c2ccccc2)c2c(C(F)(F)F)cccc21. The van der Waals surface area contributed by atoms with Crippen LogP contribution >= 0.6 is 0 Å². The van der Waals surface area contributed by atoms with Crippen LogP contribution in [0.2, 0.25) is 0 Å². The molecule has 2 aromatic carbocycles. The number of fused-ring (bicyclic) bond motifs is 1. The van der Waals surface area contributed by atoms with Gasteiger partial charge in [0.05, 0.1) is 11.1 Å². The number of alkyl halides is 3. The summed E-state index contributed by atoms with van der Waals surface area (Å²) in [6, 6.07) is 14.7. The quantitative estimate of drug-likeness (QED) is 0.638. The molecule has 3 aromatic rings. The van der Waals surface area contributed by atoms with Crippen molar-refractivity contribution in [2.75, 3.05) is 0 Å². The fraction of sp³-hybridized carbons (Fsp3) is 0.118. The lowest BCUT2D eigenvalue weighted by atomic mass is 9.98. The molecule has 110 valence electrons. The summed E-state index contributed by atoms with van der Waals surface area (Å²) in [6.45, 7) is 0. The molecule has 0 N–H and O–H groups in total. The summed E-state index contributed by atoms with van der Waals surface area (Å²) < 4.78 is 41.6. The third-order valence-electron chi connectivity index (χ3n) is 3.70. The van der Waals surface area contributed by atoms with Crippen molar-refractivity contribution < 1.29 is 13.2 Å². The van der Waals surface area contributed by atoms with Gasteiger partial charge in [-0.25, -0.2) is 0 Å². The fourth-order valence-electron chi connectivity index (χ4n) is 2.74. The first-order valence-corrected chi connectivity index (χ1v) is 6.59. The van der Waals surface area contributed by atoms with Crippen molar-refractivity contribution in [1.29, 1.82) is 5.26 Å². The molecular weight excluding hydrogens is 289 g/mol. The number of nitriles is 1. The first-order valence-electron chi connectivity index (χ1n) is 6.59. The number of nitrogens with zero attached hydrogens (tertiary/aromatic N) is 2. The van der Waals surface area contributed by atoms with Crippen LogP contribution in [0, 0.1) is 11.3 Å². The highest BCUT2D eigenvalue weighted by molar-refractivity contribution is 6.01. The topological polar surface area (TPSA) is 28.7 Å². The number of halogens is 3. The Labute approximate surface area is 125 Å². The van der Waals surface area contributed by atoms with E-state index in [1.807, 2.05) is 6.07 Å². The summed E-state index contributed by atoms with van der Waals surface area (Å²) in [4.78, 5) is 0. The second-order valence-corrected chi connectivity index (χ2v) is 4.96. The molecule has 0 bridgehead atoms. The van der Waals surface area contributed by atoms with Crippen LogP contribution in [0.4, 0.5) is 13.2 Å². The van der Waals surface area contributed by atoms with Gasteiger partial charge in [0.1, 0.15) is 11.8 Å². The Morgan fingerprint density at radius 3 is 2.27 bits per heavy atom. The molecule has 0 aliphatic carbocycles. The molecule has 5 heteroatoms. The average molecular weight is 300 g/mol. The van der Waals surface area contributed by atoms with Crippen LogP contribution in [0.1, 0.15) is 11.3 Å². The van der Waals surface area contributed by atoms with Crippen LogP contribution < -0.4 is 0 Å². The van der Waals surface area contributed by atoms with Crippen LogP contribution in [0.5, 0.6) is 0 Å². The summed E-state index contributed by atoms with van der Waals surface area (Å²) in [5.41, 5.74) is 0.818. The lowest BCUT2D eigenvalue weighted by Crippen LogP contribution is -2.05. The van der Waals surface area contributed by atoms with E-state index in [2.05, 4.69) is 0 Å². The summed E-state index contributed by atoms with van der Waals surface area (Å²) in [7, 11) is 1.60. The Morgan fingerprint density at radius 2 is 1.68 bits per heavy atom. The Hall–Kier alpha value is -2.74. The molecule has 0 aliphatic heterocycles. The third kappa shape index (κ3) is 2.04. The van der Waals surface area contributed by atoms with Crippen LogP contribution in [-0.4, -0.2) is 4.57 Å². The van der Waals surface area contributed by atoms with Gasteiger partial charge >= 0.3 is 6.18 Å². The van der Waals surface area contributed by atoms with Gasteiger partial charge in [-0.15, -0.1) is 0 Å². The molecular formula is C17H11F3N2. The summed E-state index contributed by atoms with van der Waals surface area (Å²) in [5, 5.41) is 9.47. The smallest absolute Gasteiger partial charge is 0.335 e. The number of rotatable bonds is 1. The number of hydrogen-bond donors (Lipinski definition) is 0. The van der Waals surface area contributed by atoms with Crippen molar-refractivity contribution >= 4 is 10.9 Å². The van der Waals surface area contributed by atoms with Crippen LogP contribution in [-0.2, 0) is 13.2 Å². The van der Waals surface area contributed by atoms with Gasteiger partial charge < -0.3 is 4.57 Å². The minimum absolute atomic E-state index is 0.0697. The van der Waals surface area contributed by atoms with E-state index >= 15 is 0 Å². The molecule has 0 atom stereocenters. The first kappa shape index (κ1) is 14.2. The standard InChI is InChI=1S/C17H11F3N2/c1-22-13-9-5-8-12(17(18,19)20)16(13)15(14(22)10-21)11-6-3-2-4-7-11/h2-9H,1H3. The number of benzene rings is 2. The summed E-state index contributed by atoms with van der Waals surface area (Å²) in [6.07, 6.45) is -4.48. The summed E-state index contributed by atoms with van der Waals surface area (Å²) in [5.74, 6) is 0. The highest BCUT2D eigenvalue weighted by atomic mass is 19.4. The average Bonchev–Trinajstić information content (AvgIpc) is 2.79. The van der Waals surface area contributed by atoms with Gasteiger partial charge in [0, 0.05) is 18.0 Å². The second-order valence-electron chi connectivity index (χ2n) is 4.96. The Kier molecular flexibility index (Phi) is 3.18. The highest BCUT2D eigenvalue weighted by Crippen LogP contribution is 2.42. The zero-order valence-corrected chi connectivity index (χ0v) is 11.6. The minimum Gasteiger partial charge on any atom is -0.335 e. The number of aryl methyl sites for hydroxylation is 1. The van der Waals surface area contributed by atoms with Crippen molar-refractivity contribution in [3.05, 3.63) is 59.8 Å². The molecule has 22 heavy (non-hydrogen) atoms. The van der Waals surface area contributed by atoms with Gasteiger partial charge in [-0.3, -0.25) is 0 Å². The van der Waals surface area contributed by atoms with E-state index in [1.165, 1.54) is 10.6 Å². The number of hydrogen-bond acceptors (Lipinski definition) is 1. The summed E-state index contributed by atoms with van der Waals surface area (Å²) >= 11 is 0. The van der Waals surface area contributed by atoms with Crippen LogP contribution in [0.3, 0.4) is 0 Å². The third-order valence-corrected chi connectivity index (χ3v) is 3.70. The predicted molar refractivity (Wildman–Crippen MR) is 78.1 cm³/mol. The molecule has 3 rings (SSSR count). The lowest BCUT2D eigenvalue weighted by molar-refractivity contribution is -0.136. The molecule has 0 spiro atoms. The Balaban J connectivity index is 2.52. The van der Waals surface area contributed by atoms with E-state index in [-0.39, 0.29) is 11.1 Å². The van der Waals surface area contributed by atoms with E-state index in [1.54, 1.807) is 43.4 Å². The predicted octanol–water partition coefficient (Wildman–Crippen LogP) is 4.74. The molecule has 0 saturated carbocycles. The first-order chi connectivity index (χ1) is 10.4. The van der Waals surface area contributed by atoms with Gasteiger partial charge in [0.25, 0.3) is 0 Å². The lowest BCUT2D eigenvalue weighted by Gasteiger charge is -2.10. The monoisotopic (exact) mass is 300 g/mol. The maximum Gasteiger partial charge on any atom is 0.417 e. The number of aromatic nitrogens is 1.